The van der Waals surface area contributed by atoms with Crippen LogP contribution in [0.4, 0.5) is 20.2 Å². The fraction of sp³-hybridized carbons (Fsp3) is 0.200. The van der Waals surface area contributed by atoms with Gasteiger partial charge in [0.05, 0.1) is 4.92 Å². The molecule has 1 N–H and O–H groups in total. The van der Waals surface area contributed by atoms with Gasteiger partial charge < -0.3 is 5.32 Å². The number of halogens is 2. The lowest BCUT2D eigenvalue weighted by Crippen LogP contribution is -2.09. The minimum atomic E-state index is -1.20. The Morgan fingerprint density at radius 2 is 1.81 bits per heavy atom. The van der Waals surface area contributed by atoms with E-state index in [1.165, 1.54) is 0 Å². The lowest BCUT2D eigenvalue weighted by Gasteiger charge is -2.16. The number of nitro benzene ring substituents is 1. The van der Waals surface area contributed by atoms with Gasteiger partial charge in [0, 0.05) is 18.2 Å². The highest BCUT2D eigenvalue weighted by atomic mass is 19.1. The third kappa shape index (κ3) is 3.34. The van der Waals surface area contributed by atoms with Crippen LogP contribution in [0, 0.1) is 28.7 Å². The summed E-state index contributed by atoms with van der Waals surface area (Å²) >= 11 is 0. The summed E-state index contributed by atoms with van der Waals surface area (Å²) in [6.07, 6.45) is 0. The quantitative estimate of drug-likeness (QED) is 0.673. The zero-order chi connectivity index (χ0) is 15.6. The van der Waals surface area contributed by atoms with E-state index in [1.807, 2.05) is 31.2 Å². The van der Waals surface area contributed by atoms with Crippen LogP contribution in [0.25, 0.3) is 0 Å². The molecule has 0 saturated carbocycles. The summed E-state index contributed by atoms with van der Waals surface area (Å²) in [5, 5.41) is 13.7. The molecule has 2 aromatic carbocycles. The molecule has 0 saturated heterocycles. The van der Waals surface area contributed by atoms with Crippen LogP contribution < -0.4 is 5.32 Å². The maximum atomic E-state index is 13.5. The largest absolute Gasteiger partial charge is 0.373 e. The van der Waals surface area contributed by atoms with E-state index in [0.717, 1.165) is 17.2 Å². The second-order valence-corrected chi connectivity index (χ2v) is 4.82. The number of rotatable bonds is 4. The van der Waals surface area contributed by atoms with Crippen molar-refractivity contribution in [2.24, 2.45) is 0 Å². The molecule has 6 heteroatoms. The predicted octanol–water partition coefficient (Wildman–Crippen LogP) is 4.35. The fourth-order valence-corrected chi connectivity index (χ4v) is 2.03. The average molecular weight is 292 g/mol. The van der Waals surface area contributed by atoms with Gasteiger partial charge >= 0.3 is 5.69 Å². The maximum Gasteiger partial charge on any atom is 0.327 e. The van der Waals surface area contributed by atoms with E-state index in [0.29, 0.717) is 6.07 Å². The highest BCUT2D eigenvalue weighted by Gasteiger charge is 2.23. The number of nitrogens with one attached hydrogen (secondary N) is 1. The van der Waals surface area contributed by atoms with Crippen molar-refractivity contribution in [3.05, 3.63) is 69.3 Å². The Bertz CT molecular complexity index is 672. The lowest BCUT2D eigenvalue weighted by atomic mass is 10.1. The van der Waals surface area contributed by atoms with E-state index in [4.69, 9.17) is 0 Å². The summed E-state index contributed by atoms with van der Waals surface area (Å²) in [4.78, 5) is 10.1. The van der Waals surface area contributed by atoms with Gasteiger partial charge in [0.2, 0.25) is 5.82 Å². The Kier molecular flexibility index (Phi) is 4.16. The molecule has 1 unspecified atom stereocenters. The van der Waals surface area contributed by atoms with Crippen LogP contribution in [0.3, 0.4) is 0 Å². The molecule has 2 aromatic rings. The predicted molar refractivity (Wildman–Crippen MR) is 76.2 cm³/mol. The van der Waals surface area contributed by atoms with Gasteiger partial charge in [-0.1, -0.05) is 29.8 Å². The number of anilines is 1. The van der Waals surface area contributed by atoms with Crippen molar-refractivity contribution < 1.29 is 13.7 Å². The van der Waals surface area contributed by atoms with Gasteiger partial charge in [0.1, 0.15) is 11.5 Å². The van der Waals surface area contributed by atoms with Gasteiger partial charge in [-0.15, -0.1) is 0 Å². The van der Waals surface area contributed by atoms with Crippen molar-refractivity contribution in [3.63, 3.8) is 0 Å². The SMILES string of the molecule is Cc1ccc(C(C)Nc2cc(F)cc(F)c2[N+](=O)[O-])cc1. The normalized spacial score (nSPS) is 12.0. The molecule has 0 aromatic heterocycles. The van der Waals surface area contributed by atoms with Crippen molar-refractivity contribution in [2.45, 2.75) is 19.9 Å². The average Bonchev–Trinajstić information content (AvgIpc) is 2.37. The Morgan fingerprint density at radius 1 is 1.19 bits per heavy atom. The molecule has 0 aliphatic heterocycles. The summed E-state index contributed by atoms with van der Waals surface area (Å²) < 4.78 is 26.8. The Morgan fingerprint density at radius 3 is 2.38 bits per heavy atom. The standard InChI is InChI=1S/C15H14F2N2O2/c1-9-3-5-11(6-4-9)10(2)18-14-8-12(16)7-13(17)15(14)19(20)21/h3-8,10,18H,1-2H3. The van der Waals surface area contributed by atoms with E-state index in [2.05, 4.69) is 5.32 Å². The van der Waals surface area contributed by atoms with Crippen molar-refractivity contribution in [1.29, 1.82) is 0 Å². The van der Waals surface area contributed by atoms with Gasteiger partial charge in [0.15, 0.2) is 0 Å². The molecule has 0 radical (unpaired) electrons. The summed E-state index contributed by atoms with van der Waals surface area (Å²) in [5.74, 6) is -2.06. The highest BCUT2D eigenvalue weighted by molar-refractivity contribution is 5.63. The van der Waals surface area contributed by atoms with Crippen LogP contribution >= 0.6 is 0 Å². The molecule has 21 heavy (non-hydrogen) atoms. The zero-order valence-corrected chi connectivity index (χ0v) is 11.6. The summed E-state index contributed by atoms with van der Waals surface area (Å²) in [6, 6.07) is 8.60. The third-order valence-corrected chi connectivity index (χ3v) is 3.16. The minimum Gasteiger partial charge on any atom is -0.373 e. The van der Waals surface area contributed by atoms with Crippen molar-refractivity contribution in [2.75, 3.05) is 5.32 Å². The zero-order valence-electron chi connectivity index (χ0n) is 11.6. The summed E-state index contributed by atoms with van der Waals surface area (Å²) in [5.41, 5.74) is 1.01. The summed E-state index contributed by atoms with van der Waals surface area (Å²) in [7, 11) is 0. The van der Waals surface area contributed by atoms with Gasteiger partial charge in [-0.05, 0) is 19.4 Å². The van der Waals surface area contributed by atoms with Gasteiger partial charge in [-0.2, -0.15) is 4.39 Å². The molecule has 110 valence electrons. The number of benzene rings is 2. The first-order valence-electron chi connectivity index (χ1n) is 6.35. The Hall–Kier alpha value is -2.50. The van der Waals surface area contributed by atoms with Gasteiger partial charge in [-0.25, -0.2) is 4.39 Å². The first kappa shape index (κ1) is 14.9. The van der Waals surface area contributed by atoms with E-state index >= 15 is 0 Å². The van der Waals surface area contributed by atoms with E-state index in [-0.39, 0.29) is 11.7 Å². The molecular weight excluding hydrogens is 278 g/mol. The van der Waals surface area contributed by atoms with E-state index in [9.17, 15) is 18.9 Å². The molecule has 0 spiro atoms. The Labute approximate surface area is 120 Å². The van der Waals surface area contributed by atoms with Crippen LogP contribution in [0.1, 0.15) is 24.1 Å². The lowest BCUT2D eigenvalue weighted by molar-refractivity contribution is -0.386. The van der Waals surface area contributed by atoms with E-state index in [1.54, 1.807) is 6.92 Å². The molecule has 4 nitrogen and oxygen atoms in total. The smallest absolute Gasteiger partial charge is 0.327 e. The molecule has 0 heterocycles. The molecule has 0 aliphatic rings. The highest BCUT2D eigenvalue weighted by Crippen LogP contribution is 2.31. The first-order chi connectivity index (χ1) is 9.88. The van der Waals surface area contributed by atoms with Crippen LogP contribution in [-0.2, 0) is 0 Å². The molecule has 0 aliphatic carbocycles. The fourth-order valence-electron chi connectivity index (χ4n) is 2.03. The first-order valence-corrected chi connectivity index (χ1v) is 6.35. The molecule has 2 rings (SSSR count). The summed E-state index contributed by atoms with van der Waals surface area (Å²) in [6.45, 7) is 3.70. The molecular formula is C15H14F2N2O2. The van der Waals surface area contributed by atoms with Crippen LogP contribution in [0.15, 0.2) is 36.4 Å². The maximum absolute atomic E-state index is 13.5. The molecule has 1 atom stereocenters. The number of aryl methyl sites for hydroxylation is 1. The molecule has 0 amide bonds. The van der Waals surface area contributed by atoms with Gasteiger partial charge in [0.25, 0.3) is 0 Å². The third-order valence-electron chi connectivity index (χ3n) is 3.16. The van der Waals surface area contributed by atoms with Crippen LogP contribution in [0.2, 0.25) is 0 Å². The minimum absolute atomic E-state index is 0.175. The Balaban J connectivity index is 2.34. The second-order valence-electron chi connectivity index (χ2n) is 4.82. The van der Waals surface area contributed by atoms with Crippen molar-refractivity contribution >= 4 is 11.4 Å². The van der Waals surface area contributed by atoms with Crippen molar-refractivity contribution in [3.8, 4) is 0 Å². The number of nitro groups is 1. The van der Waals surface area contributed by atoms with Crippen molar-refractivity contribution in [1.82, 2.24) is 0 Å². The van der Waals surface area contributed by atoms with E-state index < -0.39 is 22.2 Å². The van der Waals surface area contributed by atoms with Gasteiger partial charge in [-0.3, -0.25) is 10.1 Å². The van der Waals surface area contributed by atoms with Crippen LogP contribution in [0.5, 0.6) is 0 Å². The molecule has 0 fully saturated rings. The topological polar surface area (TPSA) is 55.2 Å². The number of hydrogen-bond donors (Lipinski definition) is 1. The monoisotopic (exact) mass is 292 g/mol. The molecule has 0 bridgehead atoms. The second kappa shape index (κ2) is 5.87. The van der Waals surface area contributed by atoms with Crippen LogP contribution in [-0.4, -0.2) is 4.92 Å². The number of nitrogens with zero attached hydrogens (tertiary/aromatic N) is 1. The number of hydrogen-bond acceptors (Lipinski definition) is 3.